The highest BCUT2D eigenvalue weighted by Gasteiger charge is 2.33. The van der Waals surface area contributed by atoms with E-state index in [9.17, 15) is 4.79 Å². The van der Waals surface area contributed by atoms with E-state index in [-0.39, 0.29) is 0 Å². The second-order valence-corrected chi connectivity index (χ2v) is 3.70. The van der Waals surface area contributed by atoms with Gasteiger partial charge in [-0.1, -0.05) is 11.1 Å². The predicted octanol–water partition coefficient (Wildman–Crippen LogP) is 1.71. The van der Waals surface area contributed by atoms with Crippen LogP contribution in [0.2, 0.25) is 0 Å². The monoisotopic (exact) mass is 167 g/mol. The van der Waals surface area contributed by atoms with E-state index in [2.05, 4.69) is 6.92 Å². The van der Waals surface area contributed by atoms with Crippen LogP contribution in [0, 0.1) is 5.92 Å². The Balaban J connectivity index is 2.15. The fourth-order valence-corrected chi connectivity index (χ4v) is 2.12. The average molecular weight is 167 g/mol. The second-order valence-electron chi connectivity index (χ2n) is 3.70. The maximum Gasteiger partial charge on any atom is 0.407 e. The Labute approximate surface area is 71.7 Å². The van der Waals surface area contributed by atoms with Crippen LogP contribution < -0.4 is 0 Å². The van der Waals surface area contributed by atoms with Crippen LogP contribution in [-0.4, -0.2) is 29.2 Å². The lowest BCUT2D eigenvalue weighted by Gasteiger charge is -2.40. The molecule has 3 nitrogen and oxygen atoms in total. The van der Waals surface area contributed by atoms with Crippen LogP contribution in [0.4, 0.5) is 4.79 Å². The van der Waals surface area contributed by atoms with E-state index >= 15 is 0 Å². The molecule has 1 saturated carbocycles. The Morgan fingerprint density at radius 2 is 2.42 bits per heavy atom. The standard InChI is InChI=1S/C9H13NO2/c1-6-4-10(9(11)12)5-7-2-3-8(6)7/h7H,2-5H2,1H3,(H,11,12). The number of carboxylic acid groups (broad SMARTS) is 1. The first kappa shape index (κ1) is 7.65. The predicted molar refractivity (Wildman–Crippen MR) is 45.0 cm³/mol. The van der Waals surface area contributed by atoms with Crippen molar-refractivity contribution in [2.24, 2.45) is 5.92 Å². The molecule has 2 rings (SSSR count). The van der Waals surface area contributed by atoms with Crippen LogP contribution in [0.25, 0.3) is 0 Å². The maximum absolute atomic E-state index is 10.7. The summed E-state index contributed by atoms with van der Waals surface area (Å²) in [5.41, 5.74) is 2.80. The van der Waals surface area contributed by atoms with Gasteiger partial charge < -0.3 is 10.0 Å². The molecule has 0 aromatic rings. The van der Waals surface area contributed by atoms with Crippen LogP contribution in [0.3, 0.4) is 0 Å². The zero-order chi connectivity index (χ0) is 8.72. The van der Waals surface area contributed by atoms with Crippen LogP contribution in [0.15, 0.2) is 11.1 Å². The third kappa shape index (κ3) is 1.00. The summed E-state index contributed by atoms with van der Waals surface area (Å²) in [5.74, 6) is 0.551. The van der Waals surface area contributed by atoms with Gasteiger partial charge in [-0.2, -0.15) is 0 Å². The summed E-state index contributed by atoms with van der Waals surface area (Å²) in [5, 5.41) is 8.79. The van der Waals surface area contributed by atoms with Gasteiger partial charge in [0.1, 0.15) is 0 Å². The largest absolute Gasteiger partial charge is 0.465 e. The number of hydrogen-bond donors (Lipinski definition) is 1. The summed E-state index contributed by atoms with van der Waals surface area (Å²) in [4.78, 5) is 12.2. The van der Waals surface area contributed by atoms with Crippen molar-refractivity contribution in [3.8, 4) is 0 Å². The molecule has 0 aromatic carbocycles. The molecule has 0 bridgehead atoms. The van der Waals surface area contributed by atoms with Crippen LogP contribution in [0.5, 0.6) is 0 Å². The lowest BCUT2D eigenvalue weighted by atomic mass is 9.74. The molecule has 1 N–H and O–H groups in total. The smallest absolute Gasteiger partial charge is 0.407 e. The molecule has 3 heteroatoms. The lowest BCUT2D eigenvalue weighted by Crippen LogP contribution is -2.43. The molecule has 1 fully saturated rings. The van der Waals surface area contributed by atoms with Gasteiger partial charge in [0.2, 0.25) is 0 Å². The van der Waals surface area contributed by atoms with Gasteiger partial charge in [0, 0.05) is 13.1 Å². The summed E-state index contributed by atoms with van der Waals surface area (Å²) in [7, 11) is 0. The maximum atomic E-state index is 10.7. The van der Waals surface area contributed by atoms with Gasteiger partial charge in [-0.25, -0.2) is 4.79 Å². The molecule has 12 heavy (non-hydrogen) atoms. The molecule has 1 unspecified atom stereocenters. The van der Waals surface area contributed by atoms with E-state index in [0.717, 1.165) is 6.54 Å². The van der Waals surface area contributed by atoms with E-state index in [0.29, 0.717) is 12.5 Å². The quantitative estimate of drug-likeness (QED) is 0.558. The van der Waals surface area contributed by atoms with Gasteiger partial charge >= 0.3 is 6.09 Å². The molecular weight excluding hydrogens is 154 g/mol. The highest BCUT2D eigenvalue weighted by atomic mass is 16.4. The minimum absolute atomic E-state index is 0.551. The number of nitrogens with zero attached hydrogens (tertiary/aromatic N) is 1. The highest BCUT2D eigenvalue weighted by molar-refractivity contribution is 5.66. The molecular formula is C9H13NO2. The van der Waals surface area contributed by atoms with Crippen molar-refractivity contribution in [2.75, 3.05) is 13.1 Å². The van der Waals surface area contributed by atoms with E-state index in [4.69, 9.17) is 5.11 Å². The van der Waals surface area contributed by atoms with Gasteiger partial charge in [-0.05, 0) is 25.7 Å². The molecule has 0 aromatic heterocycles. The number of carbonyl (C=O) groups is 1. The molecule has 1 atom stereocenters. The van der Waals surface area contributed by atoms with Gasteiger partial charge in [-0.15, -0.1) is 0 Å². The molecule has 1 aliphatic heterocycles. The molecule has 2 aliphatic rings. The molecule has 0 spiro atoms. The normalized spacial score (nSPS) is 28.1. The van der Waals surface area contributed by atoms with Crippen LogP contribution >= 0.6 is 0 Å². The van der Waals surface area contributed by atoms with Crippen molar-refractivity contribution < 1.29 is 9.90 Å². The van der Waals surface area contributed by atoms with Gasteiger partial charge in [0.25, 0.3) is 0 Å². The van der Waals surface area contributed by atoms with E-state index in [1.54, 1.807) is 0 Å². The van der Waals surface area contributed by atoms with Crippen molar-refractivity contribution in [2.45, 2.75) is 19.8 Å². The first-order valence-electron chi connectivity index (χ1n) is 4.35. The first-order chi connectivity index (χ1) is 5.68. The average Bonchev–Trinajstić information content (AvgIpc) is 1.92. The van der Waals surface area contributed by atoms with Crippen molar-refractivity contribution >= 4 is 6.09 Å². The molecule has 1 aliphatic carbocycles. The van der Waals surface area contributed by atoms with Gasteiger partial charge in [0.15, 0.2) is 0 Å². The highest BCUT2D eigenvalue weighted by Crippen LogP contribution is 2.39. The molecule has 66 valence electrons. The van der Waals surface area contributed by atoms with Crippen molar-refractivity contribution in [1.29, 1.82) is 0 Å². The zero-order valence-corrected chi connectivity index (χ0v) is 7.21. The number of amides is 1. The fourth-order valence-electron chi connectivity index (χ4n) is 2.12. The second kappa shape index (κ2) is 2.51. The van der Waals surface area contributed by atoms with Gasteiger partial charge in [0.05, 0.1) is 0 Å². The topological polar surface area (TPSA) is 40.5 Å². The molecule has 0 radical (unpaired) electrons. The molecule has 1 heterocycles. The summed E-state index contributed by atoms with van der Waals surface area (Å²) in [6.07, 6.45) is 1.60. The molecule has 0 saturated heterocycles. The Morgan fingerprint density at radius 1 is 1.67 bits per heavy atom. The minimum atomic E-state index is -0.777. The Kier molecular flexibility index (Phi) is 1.60. The molecule has 1 amide bonds. The third-order valence-electron chi connectivity index (χ3n) is 2.94. The first-order valence-corrected chi connectivity index (χ1v) is 4.35. The lowest BCUT2D eigenvalue weighted by molar-refractivity contribution is 0.132. The van der Waals surface area contributed by atoms with E-state index < -0.39 is 6.09 Å². The van der Waals surface area contributed by atoms with Gasteiger partial charge in [-0.3, -0.25) is 0 Å². The third-order valence-corrected chi connectivity index (χ3v) is 2.94. The van der Waals surface area contributed by atoms with Crippen molar-refractivity contribution in [3.63, 3.8) is 0 Å². The Bertz CT molecular complexity index is 257. The minimum Gasteiger partial charge on any atom is -0.465 e. The van der Waals surface area contributed by atoms with Crippen LogP contribution in [-0.2, 0) is 0 Å². The SMILES string of the molecule is CC1=C2CCC2CN(C(=O)O)C1. The Hall–Kier alpha value is -0.990. The Morgan fingerprint density at radius 3 is 2.83 bits per heavy atom. The summed E-state index contributed by atoms with van der Waals surface area (Å²) < 4.78 is 0. The fraction of sp³-hybridized carbons (Fsp3) is 0.667. The van der Waals surface area contributed by atoms with Crippen LogP contribution in [0.1, 0.15) is 19.8 Å². The summed E-state index contributed by atoms with van der Waals surface area (Å²) in [6.45, 7) is 3.40. The van der Waals surface area contributed by atoms with E-state index in [1.165, 1.54) is 28.9 Å². The number of fused-ring (bicyclic) bond motifs is 1. The number of hydrogen-bond acceptors (Lipinski definition) is 1. The van der Waals surface area contributed by atoms with Crippen molar-refractivity contribution in [1.82, 2.24) is 4.90 Å². The van der Waals surface area contributed by atoms with Crippen molar-refractivity contribution in [3.05, 3.63) is 11.1 Å². The van der Waals surface area contributed by atoms with E-state index in [1.807, 2.05) is 0 Å². The zero-order valence-electron chi connectivity index (χ0n) is 7.21. The number of rotatable bonds is 0. The summed E-state index contributed by atoms with van der Waals surface area (Å²) >= 11 is 0. The summed E-state index contributed by atoms with van der Waals surface area (Å²) in [6, 6.07) is 0.